The molecule has 1 aromatic heterocycles. The molecule has 0 radical (unpaired) electrons. The van der Waals surface area contributed by atoms with Crippen LogP contribution in [0.4, 0.5) is 24.8 Å². The Balaban J connectivity index is 1.42. The minimum Gasteiger partial charge on any atom is -0.359 e. The molecule has 2 N–H and O–H groups in total. The number of carbonyl (C=O) groups excluding carboxylic acids is 2. The topological polar surface area (TPSA) is 90.5 Å². The standard InChI is InChI=1S/C28H37F3N6O2/c1-32-25(38)11-5-9-21-13-17-36(18-14-21)23-19-24(35-27(34-23)28(29,30)31)37-16-6-10-22(37)26(39)33-15-12-20-7-3-2-4-8-20/h2-4,7-8,19,21-22H,5-6,9-18H2,1H3,(H,32,38)(H,33,39)/t22-/m0/s1. The molecular weight excluding hydrogens is 509 g/mol. The Morgan fingerprint density at radius 3 is 2.44 bits per heavy atom. The third kappa shape index (κ3) is 7.83. The number of rotatable bonds is 10. The lowest BCUT2D eigenvalue weighted by molar-refractivity contribution is -0.144. The molecule has 8 nitrogen and oxygen atoms in total. The summed E-state index contributed by atoms with van der Waals surface area (Å²) in [6.07, 6.45) is 1.07. The molecule has 2 aliphatic rings. The number of piperidine rings is 1. The summed E-state index contributed by atoms with van der Waals surface area (Å²) >= 11 is 0. The first-order valence-corrected chi connectivity index (χ1v) is 13.7. The minimum atomic E-state index is -4.70. The van der Waals surface area contributed by atoms with Crippen LogP contribution in [0.25, 0.3) is 0 Å². The number of carbonyl (C=O) groups is 2. The predicted molar refractivity (Wildman–Crippen MR) is 143 cm³/mol. The first kappa shape index (κ1) is 28.6. The summed E-state index contributed by atoms with van der Waals surface area (Å²) in [7, 11) is 1.62. The second kappa shape index (κ2) is 13.1. The molecule has 0 spiro atoms. The maximum Gasteiger partial charge on any atom is 0.451 e. The lowest BCUT2D eigenvalue weighted by Crippen LogP contribution is -2.44. The van der Waals surface area contributed by atoms with Gasteiger partial charge < -0.3 is 20.4 Å². The van der Waals surface area contributed by atoms with Gasteiger partial charge >= 0.3 is 6.18 Å². The Kier molecular flexibility index (Phi) is 9.63. The average molecular weight is 547 g/mol. The molecule has 0 unspecified atom stereocenters. The van der Waals surface area contributed by atoms with Gasteiger partial charge in [0.1, 0.15) is 17.7 Å². The Morgan fingerprint density at radius 2 is 1.74 bits per heavy atom. The molecule has 1 aromatic carbocycles. The maximum absolute atomic E-state index is 13.8. The molecule has 1 atom stereocenters. The highest BCUT2D eigenvalue weighted by molar-refractivity contribution is 5.85. The fourth-order valence-corrected chi connectivity index (χ4v) is 5.39. The first-order valence-electron chi connectivity index (χ1n) is 13.7. The molecule has 0 bridgehead atoms. The molecule has 212 valence electrons. The van der Waals surface area contributed by atoms with Crippen molar-refractivity contribution in [3.05, 3.63) is 47.8 Å². The third-order valence-corrected chi connectivity index (χ3v) is 7.59. The number of amides is 2. The quantitative estimate of drug-likeness (QED) is 0.469. The van der Waals surface area contributed by atoms with E-state index in [0.717, 1.165) is 31.2 Å². The summed E-state index contributed by atoms with van der Waals surface area (Å²) in [6.45, 7) is 2.08. The van der Waals surface area contributed by atoms with Crippen molar-refractivity contribution in [3.8, 4) is 0 Å². The van der Waals surface area contributed by atoms with E-state index >= 15 is 0 Å². The van der Waals surface area contributed by atoms with E-state index in [9.17, 15) is 22.8 Å². The summed E-state index contributed by atoms with van der Waals surface area (Å²) in [5.41, 5.74) is 1.10. The van der Waals surface area contributed by atoms with E-state index in [1.165, 1.54) is 0 Å². The zero-order chi connectivity index (χ0) is 27.8. The van der Waals surface area contributed by atoms with Gasteiger partial charge in [0, 0.05) is 45.7 Å². The van der Waals surface area contributed by atoms with Crippen LogP contribution in [0.15, 0.2) is 36.4 Å². The third-order valence-electron chi connectivity index (χ3n) is 7.59. The number of aromatic nitrogens is 2. The summed E-state index contributed by atoms with van der Waals surface area (Å²) in [5, 5.41) is 5.57. The number of anilines is 2. The van der Waals surface area contributed by atoms with E-state index in [1.807, 2.05) is 35.2 Å². The van der Waals surface area contributed by atoms with Crippen molar-refractivity contribution >= 4 is 23.5 Å². The largest absolute Gasteiger partial charge is 0.451 e. The van der Waals surface area contributed by atoms with E-state index in [4.69, 9.17) is 0 Å². The van der Waals surface area contributed by atoms with Gasteiger partial charge in [-0.3, -0.25) is 9.59 Å². The number of benzene rings is 1. The van der Waals surface area contributed by atoms with Gasteiger partial charge in [-0.15, -0.1) is 0 Å². The second-order valence-corrected chi connectivity index (χ2v) is 10.3. The van der Waals surface area contributed by atoms with Gasteiger partial charge in [-0.05, 0) is 56.4 Å². The zero-order valence-electron chi connectivity index (χ0n) is 22.3. The summed E-state index contributed by atoms with van der Waals surface area (Å²) < 4.78 is 41.4. The van der Waals surface area contributed by atoms with Gasteiger partial charge in [0.25, 0.3) is 0 Å². The first-order chi connectivity index (χ1) is 18.7. The minimum absolute atomic E-state index is 0.0192. The smallest absolute Gasteiger partial charge is 0.359 e. The number of hydrogen-bond donors (Lipinski definition) is 2. The Morgan fingerprint density at radius 1 is 1.03 bits per heavy atom. The molecular formula is C28H37F3N6O2. The molecule has 0 aliphatic carbocycles. The van der Waals surface area contributed by atoms with Crippen LogP contribution in [-0.4, -0.2) is 61.1 Å². The van der Waals surface area contributed by atoms with Crippen molar-refractivity contribution in [1.82, 2.24) is 20.6 Å². The number of nitrogens with zero attached hydrogens (tertiary/aromatic N) is 4. The molecule has 4 rings (SSSR count). The molecule has 2 saturated heterocycles. The van der Waals surface area contributed by atoms with Crippen LogP contribution < -0.4 is 20.4 Å². The highest BCUT2D eigenvalue weighted by atomic mass is 19.4. The van der Waals surface area contributed by atoms with E-state index in [0.29, 0.717) is 57.8 Å². The molecule has 0 saturated carbocycles. The van der Waals surface area contributed by atoms with Crippen LogP contribution >= 0.6 is 0 Å². The molecule has 2 fully saturated rings. The Bertz CT molecular complexity index is 1110. The number of hydrogen-bond acceptors (Lipinski definition) is 6. The fraction of sp³-hybridized carbons (Fsp3) is 0.571. The zero-order valence-corrected chi connectivity index (χ0v) is 22.3. The highest BCUT2D eigenvalue weighted by Gasteiger charge is 2.38. The van der Waals surface area contributed by atoms with E-state index < -0.39 is 18.0 Å². The maximum atomic E-state index is 13.8. The average Bonchev–Trinajstić information content (AvgIpc) is 3.43. The van der Waals surface area contributed by atoms with Crippen LogP contribution in [0.1, 0.15) is 56.3 Å². The van der Waals surface area contributed by atoms with Crippen LogP contribution in [0.2, 0.25) is 0 Å². The normalized spacial score (nSPS) is 18.3. The van der Waals surface area contributed by atoms with Gasteiger partial charge in [0.15, 0.2) is 0 Å². The van der Waals surface area contributed by atoms with Crippen molar-refractivity contribution < 1.29 is 22.8 Å². The lowest BCUT2D eigenvalue weighted by atomic mass is 9.91. The number of nitrogens with one attached hydrogen (secondary N) is 2. The van der Waals surface area contributed by atoms with Crippen LogP contribution in [0.5, 0.6) is 0 Å². The summed E-state index contributed by atoms with van der Waals surface area (Å²) in [5.74, 6) is -0.554. The molecule has 11 heteroatoms. The van der Waals surface area contributed by atoms with Crippen LogP contribution in [0, 0.1) is 5.92 Å². The second-order valence-electron chi connectivity index (χ2n) is 10.3. The highest BCUT2D eigenvalue weighted by Crippen LogP contribution is 2.34. The van der Waals surface area contributed by atoms with Crippen LogP contribution in [0.3, 0.4) is 0 Å². The SMILES string of the molecule is CNC(=O)CCCC1CCN(c2cc(N3CCC[C@H]3C(=O)NCCc3ccccc3)nc(C(F)(F)F)n2)CC1. The van der Waals surface area contributed by atoms with E-state index in [2.05, 4.69) is 20.6 Å². The van der Waals surface area contributed by atoms with Gasteiger partial charge in [-0.2, -0.15) is 13.2 Å². The molecule has 2 amide bonds. The van der Waals surface area contributed by atoms with E-state index in [1.54, 1.807) is 18.0 Å². The fourth-order valence-electron chi connectivity index (χ4n) is 5.39. The number of alkyl halides is 3. The molecule has 2 aliphatic heterocycles. The van der Waals surface area contributed by atoms with Crippen molar-refractivity contribution in [1.29, 1.82) is 0 Å². The van der Waals surface area contributed by atoms with Gasteiger partial charge in [0.05, 0.1) is 0 Å². The molecule has 3 heterocycles. The van der Waals surface area contributed by atoms with Crippen molar-refractivity contribution in [3.63, 3.8) is 0 Å². The van der Waals surface area contributed by atoms with Gasteiger partial charge in [0.2, 0.25) is 17.6 Å². The van der Waals surface area contributed by atoms with Crippen molar-refractivity contribution in [2.75, 3.05) is 43.0 Å². The predicted octanol–water partition coefficient (Wildman–Crippen LogP) is 3.96. The van der Waals surface area contributed by atoms with Crippen LogP contribution in [-0.2, 0) is 22.2 Å². The lowest BCUT2D eigenvalue weighted by Gasteiger charge is -2.34. The van der Waals surface area contributed by atoms with E-state index in [-0.39, 0.29) is 23.5 Å². The molecule has 2 aromatic rings. The Hall–Kier alpha value is -3.37. The van der Waals surface area contributed by atoms with Gasteiger partial charge in [-0.25, -0.2) is 9.97 Å². The van der Waals surface area contributed by atoms with Crippen molar-refractivity contribution in [2.45, 2.75) is 63.6 Å². The van der Waals surface area contributed by atoms with Gasteiger partial charge in [-0.1, -0.05) is 30.3 Å². The number of halogens is 3. The summed E-state index contributed by atoms with van der Waals surface area (Å²) in [4.78, 5) is 35.8. The summed E-state index contributed by atoms with van der Waals surface area (Å²) in [6, 6.07) is 10.8. The Labute approximate surface area is 227 Å². The van der Waals surface area contributed by atoms with Crippen molar-refractivity contribution in [2.24, 2.45) is 5.92 Å². The monoisotopic (exact) mass is 546 g/mol. The molecule has 39 heavy (non-hydrogen) atoms.